The molecule has 2 aromatic heterocycles. The van der Waals surface area contributed by atoms with Gasteiger partial charge in [0.2, 0.25) is 0 Å². The Balaban J connectivity index is 1.82. The summed E-state index contributed by atoms with van der Waals surface area (Å²) >= 11 is 1.23. The number of carbonyl (C=O) groups is 2. The number of hydrogen-bond donors (Lipinski definition) is 2. The van der Waals surface area contributed by atoms with Gasteiger partial charge in [0.05, 0.1) is 12.1 Å². The fourth-order valence-electron chi connectivity index (χ4n) is 2.50. The molecule has 0 radical (unpaired) electrons. The standard InChI is InChI=1S/C19H18N4O3S/c1-11-9-12(7-8-21-11)10-15-22-16(17(20)24)19(27-15)23-18(25)13-3-5-14(26-2)6-4-13/h3-9H,10H2,1-2H3,(H2,20,24)(H,23,25). The molecule has 2 amide bonds. The van der Waals surface area contributed by atoms with Crippen LogP contribution in [0.3, 0.4) is 0 Å². The maximum Gasteiger partial charge on any atom is 0.270 e. The summed E-state index contributed by atoms with van der Waals surface area (Å²) in [5.41, 5.74) is 7.83. The lowest BCUT2D eigenvalue weighted by Crippen LogP contribution is -2.17. The van der Waals surface area contributed by atoms with Crippen LogP contribution in [0.15, 0.2) is 42.6 Å². The van der Waals surface area contributed by atoms with E-state index in [-0.39, 0.29) is 11.6 Å². The predicted molar refractivity (Wildman–Crippen MR) is 103 cm³/mol. The van der Waals surface area contributed by atoms with Crippen LogP contribution in [0.5, 0.6) is 5.75 Å². The number of aryl methyl sites for hydroxylation is 1. The highest BCUT2D eigenvalue weighted by molar-refractivity contribution is 7.16. The quantitative estimate of drug-likeness (QED) is 0.682. The summed E-state index contributed by atoms with van der Waals surface area (Å²) in [5.74, 6) is -0.388. The van der Waals surface area contributed by atoms with Gasteiger partial charge in [-0.25, -0.2) is 4.98 Å². The molecule has 7 nitrogen and oxygen atoms in total. The van der Waals surface area contributed by atoms with E-state index in [4.69, 9.17) is 10.5 Å². The number of rotatable bonds is 6. The van der Waals surface area contributed by atoms with Crippen LogP contribution < -0.4 is 15.8 Å². The molecule has 0 aliphatic carbocycles. The summed E-state index contributed by atoms with van der Waals surface area (Å²) in [4.78, 5) is 32.7. The Hall–Kier alpha value is -3.26. The molecule has 0 fully saturated rings. The van der Waals surface area contributed by atoms with Gasteiger partial charge in [-0.2, -0.15) is 0 Å². The predicted octanol–water partition coefficient (Wildman–Crippen LogP) is 2.80. The van der Waals surface area contributed by atoms with Gasteiger partial charge in [-0.05, 0) is 48.9 Å². The first-order chi connectivity index (χ1) is 13.0. The highest BCUT2D eigenvalue weighted by Gasteiger charge is 2.19. The molecule has 1 aromatic carbocycles. The number of anilines is 1. The number of benzene rings is 1. The van der Waals surface area contributed by atoms with Crippen molar-refractivity contribution in [2.24, 2.45) is 5.73 Å². The fourth-order valence-corrected chi connectivity index (χ4v) is 3.50. The van der Waals surface area contributed by atoms with E-state index in [1.54, 1.807) is 37.6 Å². The summed E-state index contributed by atoms with van der Waals surface area (Å²) in [6.45, 7) is 1.90. The van der Waals surface area contributed by atoms with Crippen LogP contribution in [0, 0.1) is 6.92 Å². The molecule has 3 N–H and O–H groups in total. The maximum absolute atomic E-state index is 12.5. The van der Waals surface area contributed by atoms with Crippen LogP contribution in [-0.4, -0.2) is 28.9 Å². The van der Waals surface area contributed by atoms with E-state index in [1.807, 2.05) is 19.1 Å². The molecule has 8 heteroatoms. The molecule has 27 heavy (non-hydrogen) atoms. The summed E-state index contributed by atoms with van der Waals surface area (Å²) < 4.78 is 5.08. The topological polar surface area (TPSA) is 107 Å². The van der Waals surface area contributed by atoms with Gasteiger partial charge < -0.3 is 15.8 Å². The zero-order valence-electron chi connectivity index (χ0n) is 14.9. The van der Waals surface area contributed by atoms with E-state index < -0.39 is 5.91 Å². The van der Waals surface area contributed by atoms with Crippen molar-refractivity contribution in [3.63, 3.8) is 0 Å². The van der Waals surface area contributed by atoms with Crippen LogP contribution in [0.4, 0.5) is 5.00 Å². The van der Waals surface area contributed by atoms with E-state index in [0.29, 0.717) is 27.7 Å². The van der Waals surface area contributed by atoms with Gasteiger partial charge in [0.25, 0.3) is 11.8 Å². The van der Waals surface area contributed by atoms with Crippen molar-refractivity contribution < 1.29 is 14.3 Å². The number of ether oxygens (including phenoxy) is 1. The molecular weight excluding hydrogens is 364 g/mol. The minimum absolute atomic E-state index is 0.0580. The van der Waals surface area contributed by atoms with Crippen LogP contribution in [-0.2, 0) is 6.42 Å². The number of carbonyl (C=O) groups excluding carboxylic acids is 2. The molecule has 0 aliphatic heterocycles. The van der Waals surface area contributed by atoms with Gasteiger partial charge in [0.1, 0.15) is 10.8 Å². The van der Waals surface area contributed by atoms with Crippen molar-refractivity contribution in [1.29, 1.82) is 0 Å². The molecule has 0 spiro atoms. The van der Waals surface area contributed by atoms with Crippen LogP contribution in [0.1, 0.15) is 37.1 Å². The summed E-state index contributed by atoms with van der Waals surface area (Å²) in [6.07, 6.45) is 2.24. The highest BCUT2D eigenvalue weighted by Crippen LogP contribution is 2.27. The van der Waals surface area contributed by atoms with Crippen molar-refractivity contribution in [3.05, 3.63) is 70.1 Å². The number of primary amides is 1. The Bertz CT molecular complexity index is 983. The zero-order valence-corrected chi connectivity index (χ0v) is 15.7. The van der Waals surface area contributed by atoms with E-state index >= 15 is 0 Å². The van der Waals surface area contributed by atoms with Crippen molar-refractivity contribution >= 4 is 28.2 Å². The van der Waals surface area contributed by atoms with Gasteiger partial charge in [-0.15, -0.1) is 11.3 Å². The molecule has 0 aliphatic rings. The van der Waals surface area contributed by atoms with Crippen molar-refractivity contribution in [2.75, 3.05) is 12.4 Å². The number of pyridine rings is 1. The SMILES string of the molecule is COc1ccc(C(=O)Nc2sc(Cc3ccnc(C)c3)nc2C(N)=O)cc1. The fraction of sp³-hybridized carbons (Fsp3) is 0.158. The summed E-state index contributed by atoms with van der Waals surface area (Å²) in [7, 11) is 1.55. The van der Waals surface area contributed by atoms with Gasteiger partial charge in [0, 0.05) is 23.9 Å². The molecule has 3 rings (SSSR count). The number of nitrogens with one attached hydrogen (secondary N) is 1. The minimum atomic E-state index is -0.687. The number of aromatic nitrogens is 2. The normalized spacial score (nSPS) is 10.4. The highest BCUT2D eigenvalue weighted by atomic mass is 32.1. The van der Waals surface area contributed by atoms with E-state index in [9.17, 15) is 9.59 Å². The molecule has 2 heterocycles. The van der Waals surface area contributed by atoms with Crippen molar-refractivity contribution in [1.82, 2.24) is 9.97 Å². The lowest BCUT2D eigenvalue weighted by Gasteiger charge is -2.05. The number of nitrogens with zero attached hydrogens (tertiary/aromatic N) is 2. The first-order valence-corrected chi connectivity index (χ1v) is 8.94. The maximum atomic E-state index is 12.5. The van der Waals surface area contributed by atoms with E-state index in [0.717, 1.165) is 11.3 Å². The second-order valence-electron chi connectivity index (χ2n) is 5.81. The van der Waals surface area contributed by atoms with Crippen LogP contribution >= 0.6 is 11.3 Å². The lowest BCUT2D eigenvalue weighted by atomic mass is 10.2. The monoisotopic (exact) mass is 382 g/mol. The molecular formula is C19H18N4O3S. The molecule has 0 saturated carbocycles. The number of methoxy groups -OCH3 is 1. The number of hydrogen-bond acceptors (Lipinski definition) is 6. The number of nitrogens with two attached hydrogens (primary N) is 1. The molecule has 0 atom stereocenters. The number of amides is 2. The minimum Gasteiger partial charge on any atom is -0.497 e. The molecule has 0 saturated heterocycles. The third-order valence-electron chi connectivity index (χ3n) is 3.80. The van der Waals surface area contributed by atoms with E-state index in [2.05, 4.69) is 15.3 Å². The summed E-state index contributed by atoms with van der Waals surface area (Å²) in [5, 5.41) is 3.74. The molecule has 3 aromatic rings. The smallest absolute Gasteiger partial charge is 0.270 e. The Kier molecular flexibility index (Phi) is 5.46. The van der Waals surface area contributed by atoms with Crippen molar-refractivity contribution in [2.45, 2.75) is 13.3 Å². The largest absolute Gasteiger partial charge is 0.497 e. The Morgan fingerprint density at radius 3 is 2.59 bits per heavy atom. The Labute approximate surface area is 160 Å². The van der Waals surface area contributed by atoms with Gasteiger partial charge >= 0.3 is 0 Å². The molecule has 138 valence electrons. The van der Waals surface area contributed by atoms with Crippen molar-refractivity contribution in [3.8, 4) is 5.75 Å². The molecule has 0 unspecified atom stereocenters. The van der Waals surface area contributed by atoms with Gasteiger partial charge in [-0.1, -0.05) is 0 Å². The molecule has 0 bridgehead atoms. The number of thiazole rings is 1. The van der Waals surface area contributed by atoms with Gasteiger partial charge in [0.15, 0.2) is 5.69 Å². The Morgan fingerprint density at radius 2 is 1.96 bits per heavy atom. The zero-order chi connectivity index (χ0) is 19.4. The second kappa shape index (κ2) is 7.96. The average molecular weight is 382 g/mol. The lowest BCUT2D eigenvalue weighted by molar-refractivity contribution is 0.0997. The first-order valence-electron chi connectivity index (χ1n) is 8.12. The third-order valence-corrected chi connectivity index (χ3v) is 4.77. The van der Waals surface area contributed by atoms with Crippen LogP contribution in [0.2, 0.25) is 0 Å². The Morgan fingerprint density at radius 1 is 1.22 bits per heavy atom. The third kappa shape index (κ3) is 4.48. The first kappa shape index (κ1) is 18.5. The average Bonchev–Trinajstić information content (AvgIpc) is 3.04. The van der Waals surface area contributed by atoms with E-state index in [1.165, 1.54) is 11.3 Å². The second-order valence-corrected chi connectivity index (χ2v) is 6.90. The van der Waals surface area contributed by atoms with Gasteiger partial charge in [-0.3, -0.25) is 14.6 Å². The summed E-state index contributed by atoms with van der Waals surface area (Å²) in [6, 6.07) is 10.5. The van der Waals surface area contributed by atoms with Crippen LogP contribution in [0.25, 0.3) is 0 Å².